The van der Waals surface area contributed by atoms with Gasteiger partial charge in [0.2, 0.25) is 5.91 Å². The van der Waals surface area contributed by atoms with Gasteiger partial charge >= 0.3 is 0 Å². The Kier molecular flexibility index (Phi) is 6.20. The van der Waals surface area contributed by atoms with Crippen molar-refractivity contribution < 1.29 is 14.3 Å². The molecule has 1 unspecified atom stereocenters. The van der Waals surface area contributed by atoms with Crippen LogP contribution in [0.25, 0.3) is 21.0 Å². The van der Waals surface area contributed by atoms with Gasteiger partial charge in [0.05, 0.1) is 29.8 Å². The van der Waals surface area contributed by atoms with Crippen LogP contribution in [0.2, 0.25) is 0 Å². The minimum Gasteiger partial charge on any atom is -0.496 e. The minimum absolute atomic E-state index is 0.0369. The lowest BCUT2D eigenvalue weighted by Gasteiger charge is -2.34. The highest BCUT2D eigenvalue weighted by atomic mass is 32.1. The van der Waals surface area contributed by atoms with E-state index in [0.29, 0.717) is 25.2 Å². The zero-order valence-electron chi connectivity index (χ0n) is 19.4. The molecule has 0 spiro atoms. The van der Waals surface area contributed by atoms with Crippen molar-refractivity contribution in [2.24, 2.45) is 5.92 Å². The first-order valence-corrected chi connectivity index (χ1v) is 12.3. The maximum Gasteiger partial charge on any atom is 0.254 e. The molecule has 1 saturated heterocycles. The van der Waals surface area contributed by atoms with Gasteiger partial charge in [0.1, 0.15) is 10.8 Å². The van der Waals surface area contributed by atoms with E-state index < -0.39 is 0 Å². The summed E-state index contributed by atoms with van der Waals surface area (Å²) in [5, 5.41) is 2.70. The van der Waals surface area contributed by atoms with Crippen molar-refractivity contribution in [1.29, 1.82) is 0 Å². The number of piperidine rings is 1. The number of thiazole rings is 1. The summed E-state index contributed by atoms with van der Waals surface area (Å²) >= 11 is 1.62. The number of methoxy groups -OCH3 is 1. The molecule has 2 amide bonds. The van der Waals surface area contributed by atoms with E-state index in [9.17, 15) is 9.59 Å². The monoisotopic (exact) mass is 473 g/mol. The molecule has 1 aliphatic rings. The fraction of sp³-hybridized carbons (Fsp3) is 0.296. The molecule has 1 atom stereocenters. The number of hydrogen-bond acceptors (Lipinski definition) is 5. The quantitative estimate of drug-likeness (QED) is 0.411. The third-order valence-corrected chi connectivity index (χ3v) is 7.50. The Labute approximate surface area is 202 Å². The normalized spacial score (nSPS) is 16.1. The largest absolute Gasteiger partial charge is 0.496 e. The highest BCUT2D eigenvalue weighted by molar-refractivity contribution is 7.18. The zero-order chi connectivity index (χ0) is 23.7. The van der Waals surface area contributed by atoms with Crippen molar-refractivity contribution >= 4 is 44.1 Å². The van der Waals surface area contributed by atoms with Crippen LogP contribution in [0.1, 0.15) is 28.2 Å². The number of fused-ring (bicyclic) bond motifs is 2. The number of para-hydroxylation sites is 1. The lowest BCUT2D eigenvalue weighted by Crippen LogP contribution is -2.45. The second-order valence-corrected chi connectivity index (χ2v) is 9.84. The molecular weight excluding hydrogens is 446 g/mol. The van der Waals surface area contributed by atoms with Gasteiger partial charge in [0, 0.05) is 31.1 Å². The highest BCUT2D eigenvalue weighted by Crippen LogP contribution is 2.30. The minimum atomic E-state index is -0.207. The molecule has 1 aliphatic heterocycles. The van der Waals surface area contributed by atoms with Crippen molar-refractivity contribution in [2.45, 2.75) is 19.4 Å². The lowest BCUT2D eigenvalue weighted by atomic mass is 9.95. The van der Waals surface area contributed by atoms with Gasteiger partial charge in [-0.05, 0) is 42.5 Å². The van der Waals surface area contributed by atoms with Crippen LogP contribution in [0, 0.1) is 5.92 Å². The highest BCUT2D eigenvalue weighted by Gasteiger charge is 2.31. The molecule has 34 heavy (non-hydrogen) atoms. The van der Waals surface area contributed by atoms with Crippen LogP contribution in [0.15, 0.2) is 60.7 Å². The first kappa shape index (κ1) is 22.3. The Morgan fingerprint density at radius 2 is 1.85 bits per heavy atom. The number of carbonyl (C=O) groups excluding carboxylic acids is 2. The van der Waals surface area contributed by atoms with Gasteiger partial charge in [0.25, 0.3) is 5.91 Å². The summed E-state index contributed by atoms with van der Waals surface area (Å²) in [5.74, 6) is 0.568. The van der Waals surface area contributed by atoms with Crippen LogP contribution >= 0.6 is 11.3 Å². The molecule has 0 aliphatic carbocycles. The number of ether oxygens (including phenoxy) is 1. The number of carbonyl (C=O) groups is 2. The second kappa shape index (κ2) is 9.43. The number of benzene rings is 3. The summed E-state index contributed by atoms with van der Waals surface area (Å²) in [6.45, 7) is 1.57. The van der Waals surface area contributed by atoms with E-state index in [-0.39, 0.29) is 17.7 Å². The Morgan fingerprint density at radius 3 is 2.65 bits per heavy atom. The molecule has 2 heterocycles. The third-order valence-electron chi connectivity index (χ3n) is 6.48. The summed E-state index contributed by atoms with van der Waals surface area (Å²) in [4.78, 5) is 35.0. The summed E-state index contributed by atoms with van der Waals surface area (Å²) in [5.41, 5.74) is 1.61. The molecule has 174 valence electrons. The molecule has 1 fully saturated rings. The number of rotatable bonds is 5. The predicted octanol–water partition coefficient (Wildman–Crippen LogP) is 4.97. The number of hydrogen-bond donors (Lipinski definition) is 0. The summed E-state index contributed by atoms with van der Waals surface area (Å²) in [7, 11) is 3.46. The Bertz CT molecular complexity index is 1330. The standard InChI is InChI=1S/C27H27N3O3S/c1-29(17-25-28-22-11-5-6-12-24(22)34-25)26(31)18-8-7-15-30(16-18)27(32)21-13-14-23(33-2)20-10-4-3-9-19(20)21/h3-6,9-14,18H,7-8,15-17H2,1-2H3. The van der Waals surface area contributed by atoms with Gasteiger partial charge < -0.3 is 14.5 Å². The smallest absolute Gasteiger partial charge is 0.254 e. The van der Waals surface area contributed by atoms with E-state index in [1.54, 1.807) is 23.3 Å². The average Bonchev–Trinajstić information content (AvgIpc) is 3.29. The van der Waals surface area contributed by atoms with Crippen LogP contribution in [0.5, 0.6) is 5.75 Å². The van der Waals surface area contributed by atoms with Crippen molar-refractivity contribution in [3.8, 4) is 5.75 Å². The topological polar surface area (TPSA) is 62.7 Å². The first-order chi connectivity index (χ1) is 16.5. The maximum absolute atomic E-state index is 13.5. The Balaban J connectivity index is 1.31. The molecule has 6 nitrogen and oxygen atoms in total. The lowest BCUT2D eigenvalue weighted by molar-refractivity contribution is -0.136. The fourth-order valence-electron chi connectivity index (χ4n) is 4.75. The van der Waals surface area contributed by atoms with Crippen molar-refractivity contribution in [3.63, 3.8) is 0 Å². The van der Waals surface area contributed by atoms with Crippen molar-refractivity contribution in [1.82, 2.24) is 14.8 Å². The molecule has 3 aromatic carbocycles. The van der Waals surface area contributed by atoms with Gasteiger partial charge in [-0.1, -0.05) is 36.4 Å². The van der Waals surface area contributed by atoms with Crippen LogP contribution in [-0.4, -0.2) is 53.8 Å². The number of aromatic nitrogens is 1. The molecule has 7 heteroatoms. The van der Waals surface area contributed by atoms with E-state index in [1.165, 1.54) is 0 Å². The molecular formula is C27H27N3O3S. The van der Waals surface area contributed by atoms with Gasteiger partial charge in [-0.3, -0.25) is 9.59 Å². The summed E-state index contributed by atoms with van der Waals surface area (Å²) < 4.78 is 6.60. The van der Waals surface area contributed by atoms with Crippen LogP contribution in [-0.2, 0) is 11.3 Å². The molecule has 4 aromatic rings. The summed E-state index contributed by atoms with van der Waals surface area (Å²) in [6.07, 6.45) is 1.60. The van der Waals surface area contributed by atoms with E-state index in [4.69, 9.17) is 4.74 Å². The maximum atomic E-state index is 13.5. The first-order valence-electron chi connectivity index (χ1n) is 11.5. The number of amides is 2. The van der Waals surface area contributed by atoms with Gasteiger partial charge in [-0.15, -0.1) is 11.3 Å². The third kappa shape index (κ3) is 4.23. The van der Waals surface area contributed by atoms with Crippen LogP contribution < -0.4 is 4.74 Å². The molecule has 0 N–H and O–H groups in total. The molecule has 0 saturated carbocycles. The van der Waals surface area contributed by atoms with Gasteiger partial charge in [0.15, 0.2) is 0 Å². The van der Waals surface area contributed by atoms with Crippen LogP contribution in [0.4, 0.5) is 0 Å². The van der Waals surface area contributed by atoms with E-state index in [2.05, 4.69) is 4.98 Å². The SMILES string of the molecule is COc1ccc(C(=O)N2CCCC(C(=O)N(C)Cc3nc4ccccc4s3)C2)c2ccccc12. The van der Waals surface area contributed by atoms with E-state index >= 15 is 0 Å². The number of likely N-dealkylation sites (tertiary alicyclic amines) is 1. The molecule has 0 radical (unpaired) electrons. The molecule has 1 aromatic heterocycles. The van der Waals surface area contributed by atoms with Crippen molar-refractivity contribution in [3.05, 3.63) is 71.2 Å². The van der Waals surface area contributed by atoms with E-state index in [1.807, 2.05) is 72.6 Å². The molecule has 0 bridgehead atoms. The fourth-order valence-corrected chi connectivity index (χ4v) is 5.77. The predicted molar refractivity (Wildman–Crippen MR) is 135 cm³/mol. The number of nitrogens with zero attached hydrogens (tertiary/aromatic N) is 3. The zero-order valence-corrected chi connectivity index (χ0v) is 20.2. The van der Waals surface area contributed by atoms with Crippen molar-refractivity contribution in [2.75, 3.05) is 27.2 Å². The average molecular weight is 474 g/mol. The summed E-state index contributed by atoms with van der Waals surface area (Å²) in [6, 6.07) is 19.5. The molecule has 5 rings (SSSR count). The second-order valence-electron chi connectivity index (χ2n) is 8.72. The van der Waals surface area contributed by atoms with Crippen LogP contribution in [0.3, 0.4) is 0 Å². The van der Waals surface area contributed by atoms with E-state index in [0.717, 1.165) is 44.6 Å². The Hall–Kier alpha value is -3.45. The van der Waals surface area contributed by atoms with Gasteiger partial charge in [-0.2, -0.15) is 0 Å². The van der Waals surface area contributed by atoms with Gasteiger partial charge in [-0.25, -0.2) is 4.98 Å². The Morgan fingerprint density at radius 1 is 1.09 bits per heavy atom.